The van der Waals surface area contributed by atoms with Gasteiger partial charge < -0.3 is 36.6 Å². The molecule has 0 spiro atoms. The lowest BCUT2D eigenvalue weighted by atomic mass is 10.2. The minimum atomic E-state index is 0.0738. The third-order valence-corrected chi connectivity index (χ3v) is 4.01. The molecule has 0 atom stereocenters. The molecule has 0 aliphatic rings. The first-order chi connectivity index (χ1) is 13.0. The highest BCUT2D eigenvalue weighted by Crippen LogP contribution is 2.16. The van der Waals surface area contributed by atoms with Crippen molar-refractivity contribution in [1.29, 1.82) is 0 Å². The number of anilines is 4. The first kappa shape index (κ1) is 22.6. The lowest BCUT2D eigenvalue weighted by molar-refractivity contribution is 0.281. The van der Waals surface area contributed by atoms with Crippen molar-refractivity contribution in [3.8, 4) is 0 Å². The van der Waals surface area contributed by atoms with Gasteiger partial charge in [0.2, 0.25) is 0 Å². The van der Waals surface area contributed by atoms with Crippen LogP contribution in [0.4, 0.5) is 22.7 Å². The van der Waals surface area contributed by atoms with Gasteiger partial charge in [-0.15, -0.1) is 0 Å². The Morgan fingerprint density at radius 1 is 0.630 bits per heavy atom. The maximum Gasteiger partial charge on any atom is 0.0606 e. The molecule has 2 aromatic rings. The average Bonchev–Trinajstić information content (AvgIpc) is 2.68. The van der Waals surface area contributed by atoms with Gasteiger partial charge in [-0.1, -0.05) is 0 Å². The summed E-state index contributed by atoms with van der Waals surface area (Å²) in [4.78, 5) is 4.00. The summed E-state index contributed by atoms with van der Waals surface area (Å²) in [5, 5.41) is 26.5. The molecule has 0 unspecified atom stereocenters. The molecule has 0 amide bonds. The SMILES string of the molecule is CCN(CCO)c1ccc(N)cc1.Nc1ccc(N(CCO)CCO)cc1. The fourth-order valence-corrected chi connectivity index (χ4v) is 2.57. The molecule has 0 bridgehead atoms. The zero-order chi connectivity index (χ0) is 20.1. The summed E-state index contributed by atoms with van der Waals surface area (Å²) >= 11 is 0. The lowest BCUT2D eigenvalue weighted by Gasteiger charge is -2.22. The van der Waals surface area contributed by atoms with Gasteiger partial charge in [0.1, 0.15) is 0 Å². The third-order valence-electron chi connectivity index (χ3n) is 4.01. The summed E-state index contributed by atoms with van der Waals surface area (Å²) in [7, 11) is 0. The van der Waals surface area contributed by atoms with Gasteiger partial charge in [0, 0.05) is 48.9 Å². The number of aliphatic hydroxyl groups is 3. The van der Waals surface area contributed by atoms with Crippen molar-refractivity contribution in [3.05, 3.63) is 48.5 Å². The maximum atomic E-state index is 8.83. The smallest absolute Gasteiger partial charge is 0.0606 e. The largest absolute Gasteiger partial charge is 0.399 e. The highest BCUT2D eigenvalue weighted by atomic mass is 16.3. The van der Waals surface area contributed by atoms with Crippen molar-refractivity contribution in [1.82, 2.24) is 0 Å². The number of nitrogens with two attached hydrogens (primary N) is 2. The van der Waals surface area contributed by atoms with E-state index in [4.69, 9.17) is 26.8 Å². The Bertz CT molecular complexity index is 614. The van der Waals surface area contributed by atoms with Crippen LogP contribution in [0, 0.1) is 0 Å². The van der Waals surface area contributed by atoms with E-state index in [1.807, 2.05) is 41.3 Å². The highest BCUT2D eigenvalue weighted by molar-refractivity contribution is 5.53. The van der Waals surface area contributed by atoms with Crippen molar-refractivity contribution in [2.75, 3.05) is 67.3 Å². The van der Waals surface area contributed by atoms with Crippen molar-refractivity contribution < 1.29 is 15.3 Å². The molecule has 0 radical (unpaired) electrons. The predicted molar refractivity (Wildman–Crippen MR) is 113 cm³/mol. The molecule has 0 aliphatic heterocycles. The molecule has 0 saturated heterocycles. The van der Waals surface area contributed by atoms with Gasteiger partial charge in [-0.2, -0.15) is 0 Å². The van der Waals surface area contributed by atoms with E-state index in [0.717, 1.165) is 23.6 Å². The van der Waals surface area contributed by atoms with Crippen LogP contribution in [0.15, 0.2) is 48.5 Å². The summed E-state index contributed by atoms with van der Waals surface area (Å²) in [5.41, 5.74) is 14.7. The minimum Gasteiger partial charge on any atom is -0.399 e. The minimum absolute atomic E-state index is 0.0738. The van der Waals surface area contributed by atoms with Crippen molar-refractivity contribution >= 4 is 22.7 Å². The molecule has 7 heteroatoms. The van der Waals surface area contributed by atoms with E-state index in [2.05, 4.69) is 11.8 Å². The monoisotopic (exact) mass is 376 g/mol. The number of aliphatic hydroxyl groups excluding tert-OH is 3. The Balaban J connectivity index is 0.000000271. The van der Waals surface area contributed by atoms with Gasteiger partial charge in [0.15, 0.2) is 0 Å². The molecule has 7 nitrogen and oxygen atoms in total. The van der Waals surface area contributed by atoms with E-state index < -0.39 is 0 Å². The van der Waals surface area contributed by atoms with Crippen LogP contribution >= 0.6 is 0 Å². The fourth-order valence-electron chi connectivity index (χ4n) is 2.57. The predicted octanol–water partition coefficient (Wildman–Crippen LogP) is 1.15. The number of hydrogen-bond donors (Lipinski definition) is 5. The molecule has 7 N–H and O–H groups in total. The van der Waals surface area contributed by atoms with Gasteiger partial charge in [-0.05, 0) is 55.5 Å². The van der Waals surface area contributed by atoms with Crippen LogP contribution in [0.1, 0.15) is 6.92 Å². The van der Waals surface area contributed by atoms with Crippen LogP contribution < -0.4 is 21.3 Å². The molecule has 0 aromatic heterocycles. The van der Waals surface area contributed by atoms with E-state index in [0.29, 0.717) is 25.3 Å². The maximum absolute atomic E-state index is 8.83. The van der Waals surface area contributed by atoms with Crippen LogP contribution in [-0.4, -0.2) is 61.3 Å². The molecule has 0 saturated carbocycles. The van der Waals surface area contributed by atoms with E-state index in [9.17, 15) is 0 Å². The summed E-state index contributed by atoms with van der Waals surface area (Å²) in [5.74, 6) is 0. The van der Waals surface area contributed by atoms with Crippen LogP contribution in [-0.2, 0) is 0 Å². The van der Waals surface area contributed by atoms with Crippen LogP contribution in [0.2, 0.25) is 0 Å². The topological polar surface area (TPSA) is 119 Å². The standard InChI is InChI=1S/C10H16N2O2.C10H16N2O/c11-9-1-3-10(4-2-9)12(5-7-13)6-8-14;1-2-12(7-8-13)10-5-3-9(11)4-6-10/h1-4,13-14H,5-8,11H2;3-6,13H,2,7-8,11H2,1H3. The second-order valence-electron chi connectivity index (χ2n) is 5.92. The van der Waals surface area contributed by atoms with Crippen LogP contribution in [0.25, 0.3) is 0 Å². The summed E-state index contributed by atoms with van der Waals surface area (Å²) < 4.78 is 0. The van der Waals surface area contributed by atoms with Gasteiger partial charge in [0.05, 0.1) is 19.8 Å². The third kappa shape index (κ3) is 8.17. The normalized spacial score (nSPS) is 10.1. The molecular formula is C20H32N4O3. The number of nitrogen functional groups attached to an aromatic ring is 2. The van der Waals surface area contributed by atoms with Gasteiger partial charge in [0.25, 0.3) is 0 Å². The van der Waals surface area contributed by atoms with Crippen molar-refractivity contribution in [2.45, 2.75) is 6.92 Å². The van der Waals surface area contributed by atoms with E-state index >= 15 is 0 Å². The quantitative estimate of drug-likeness (QED) is 0.416. The fraction of sp³-hybridized carbons (Fsp3) is 0.400. The van der Waals surface area contributed by atoms with E-state index in [1.54, 1.807) is 12.1 Å². The second kappa shape index (κ2) is 12.8. The van der Waals surface area contributed by atoms with Crippen molar-refractivity contribution in [2.24, 2.45) is 0 Å². The first-order valence-corrected chi connectivity index (χ1v) is 9.09. The first-order valence-electron chi connectivity index (χ1n) is 9.09. The summed E-state index contributed by atoms with van der Waals surface area (Å²) in [6.07, 6.45) is 0. The molecule has 150 valence electrons. The Hall–Kier alpha value is -2.48. The van der Waals surface area contributed by atoms with E-state index in [1.165, 1.54) is 0 Å². The van der Waals surface area contributed by atoms with Crippen LogP contribution in [0.5, 0.6) is 0 Å². The number of nitrogens with zero attached hydrogens (tertiary/aromatic N) is 2. The molecule has 2 rings (SSSR count). The molecule has 0 heterocycles. The van der Waals surface area contributed by atoms with Gasteiger partial charge >= 0.3 is 0 Å². The molecular weight excluding hydrogens is 344 g/mol. The summed E-state index contributed by atoms with van der Waals surface area (Å²) in [6.45, 7) is 4.98. The second-order valence-corrected chi connectivity index (χ2v) is 5.92. The van der Waals surface area contributed by atoms with E-state index in [-0.39, 0.29) is 19.8 Å². The molecule has 2 aromatic carbocycles. The highest BCUT2D eigenvalue weighted by Gasteiger charge is 2.04. The summed E-state index contributed by atoms with van der Waals surface area (Å²) in [6, 6.07) is 15.0. The van der Waals surface area contributed by atoms with Crippen LogP contribution in [0.3, 0.4) is 0 Å². The van der Waals surface area contributed by atoms with Crippen molar-refractivity contribution in [3.63, 3.8) is 0 Å². The molecule has 27 heavy (non-hydrogen) atoms. The Labute approximate surface area is 161 Å². The Kier molecular flexibility index (Phi) is 10.7. The van der Waals surface area contributed by atoms with Gasteiger partial charge in [-0.3, -0.25) is 0 Å². The molecule has 0 fully saturated rings. The Morgan fingerprint density at radius 2 is 0.963 bits per heavy atom. The zero-order valence-corrected chi connectivity index (χ0v) is 16.0. The zero-order valence-electron chi connectivity index (χ0n) is 16.0. The number of rotatable bonds is 9. The lowest BCUT2D eigenvalue weighted by Crippen LogP contribution is -2.29. The Morgan fingerprint density at radius 3 is 1.30 bits per heavy atom. The number of likely N-dealkylation sites (N-methyl/N-ethyl adjacent to an activating group) is 1. The van der Waals surface area contributed by atoms with Gasteiger partial charge in [-0.25, -0.2) is 0 Å². The number of benzene rings is 2. The molecule has 0 aliphatic carbocycles. The number of hydrogen-bond acceptors (Lipinski definition) is 7. The average molecular weight is 377 g/mol.